The van der Waals surface area contributed by atoms with Crippen molar-refractivity contribution < 1.29 is 9.59 Å². The Bertz CT molecular complexity index is 729. The van der Waals surface area contributed by atoms with Gasteiger partial charge in [0.05, 0.1) is 17.7 Å². The van der Waals surface area contributed by atoms with Crippen LogP contribution in [0.5, 0.6) is 0 Å². The average Bonchev–Trinajstić information content (AvgIpc) is 3.31. The maximum Gasteiger partial charge on any atom is 0.240 e. The van der Waals surface area contributed by atoms with Gasteiger partial charge in [0.2, 0.25) is 11.8 Å². The van der Waals surface area contributed by atoms with Gasteiger partial charge in [0, 0.05) is 4.88 Å². The number of rotatable bonds is 8. The minimum Gasteiger partial charge on any atom is -0.343 e. The third kappa shape index (κ3) is 4.89. The number of unbranched alkanes of at least 4 members (excludes halogenated alkanes) is 1. The van der Waals surface area contributed by atoms with Gasteiger partial charge in [0.25, 0.3) is 0 Å². The lowest BCUT2D eigenvalue weighted by Gasteiger charge is -2.21. The fourth-order valence-electron chi connectivity index (χ4n) is 2.95. The Labute approximate surface area is 163 Å². The first-order chi connectivity index (χ1) is 12.7. The smallest absolute Gasteiger partial charge is 0.240 e. The first-order valence-electron chi connectivity index (χ1n) is 8.94. The molecule has 1 fully saturated rings. The summed E-state index contributed by atoms with van der Waals surface area (Å²) in [7, 11) is 0. The number of nitrogens with one attached hydrogen (secondary N) is 1. The molecule has 1 aliphatic heterocycles. The van der Waals surface area contributed by atoms with Crippen molar-refractivity contribution in [2.24, 2.45) is 0 Å². The second-order valence-corrected chi connectivity index (χ2v) is 8.36. The van der Waals surface area contributed by atoms with Crippen LogP contribution in [0.2, 0.25) is 0 Å². The lowest BCUT2D eigenvalue weighted by molar-refractivity contribution is -0.132. The molecule has 4 nitrogen and oxygen atoms in total. The standard InChI is InChI=1S/C20H24N2O2S2/c1-2-3-5-15-7-9-16(10-8-15)20(17-6-4-11-26-17)21-18(23)12-22-14-25-13-19(22)24/h4,6-11,20H,2-3,5,12-14H2,1H3,(H,21,23). The van der Waals surface area contributed by atoms with Crippen LogP contribution in [0.25, 0.3) is 0 Å². The number of nitrogens with zero attached hydrogens (tertiary/aromatic N) is 1. The number of hydrogen-bond donors (Lipinski definition) is 1. The number of thioether (sulfide) groups is 1. The molecule has 1 atom stereocenters. The van der Waals surface area contributed by atoms with E-state index in [-0.39, 0.29) is 24.4 Å². The second kappa shape index (κ2) is 9.24. The molecule has 0 radical (unpaired) electrons. The van der Waals surface area contributed by atoms with Gasteiger partial charge in [-0.1, -0.05) is 43.7 Å². The zero-order valence-corrected chi connectivity index (χ0v) is 16.6. The molecule has 0 aliphatic carbocycles. The largest absolute Gasteiger partial charge is 0.343 e. The van der Waals surface area contributed by atoms with Gasteiger partial charge in [-0.2, -0.15) is 0 Å². The van der Waals surface area contributed by atoms with Crippen LogP contribution >= 0.6 is 23.1 Å². The van der Waals surface area contributed by atoms with E-state index in [0.717, 1.165) is 16.9 Å². The summed E-state index contributed by atoms with van der Waals surface area (Å²) in [5, 5.41) is 5.13. The topological polar surface area (TPSA) is 49.4 Å². The van der Waals surface area contributed by atoms with Crippen LogP contribution in [-0.2, 0) is 16.0 Å². The van der Waals surface area contributed by atoms with Crippen LogP contribution in [0.4, 0.5) is 0 Å². The summed E-state index contributed by atoms with van der Waals surface area (Å²) in [4.78, 5) is 27.0. The van der Waals surface area contributed by atoms with Crippen molar-refractivity contribution in [1.82, 2.24) is 10.2 Å². The Morgan fingerprint density at radius 2 is 2.08 bits per heavy atom. The summed E-state index contributed by atoms with van der Waals surface area (Å²) in [6.07, 6.45) is 3.46. The molecule has 1 unspecified atom stereocenters. The number of aryl methyl sites for hydroxylation is 1. The maximum atomic E-state index is 12.5. The number of thiophene rings is 1. The maximum absolute atomic E-state index is 12.5. The number of amides is 2. The predicted molar refractivity (Wildman–Crippen MR) is 108 cm³/mol. The van der Waals surface area contributed by atoms with Crippen LogP contribution in [0.3, 0.4) is 0 Å². The minimum atomic E-state index is -0.173. The van der Waals surface area contributed by atoms with Crippen LogP contribution in [-0.4, -0.2) is 34.9 Å². The average molecular weight is 389 g/mol. The molecule has 0 saturated carbocycles. The zero-order chi connectivity index (χ0) is 18.4. The Morgan fingerprint density at radius 3 is 2.69 bits per heavy atom. The summed E-state index contributed by atoms with van der Waals surface area (Å²) in [6, 6.07) is 12.4. The highest BCUT2D eigenvalue weighted by atomic mass is 32.2. The molecular formula is C20H24N2O2S2. The Kier molecular flexibility index (Phi) is 6.74. The van der Waals surface area contributed by atoms with Gasteiger partial charge in [-0.3, -0.25) is 9.59 Å². The van der Waals surface area contributed by atoms with Gasteiger partial charge in [-0.25, -0.2) is 0 Å². The molecular weight excluding hydrogens is 364 g/mol. The monoisotopic (exact) mass is 388 g/mol. The van der Waals surface area contributed by atoms with Crippen LogP contribution < -0.4 is 5.32 Å². The zero-order valence-electron chi connectivity index (χ0n) is 14.9. The number of carbonyl (C=O) groups is 2. The van der Waals surface area contributed by atoms with Crippen LogP contribution in [0, 0.1) is 0 Å². The third-order valence-corrected chi connectivity index (χ3v) is 6.31. The van der Waals surface area contributed by atoms with E-state index < -0.39 is 0 Å². The second-order valence-electron chi connectivity index (χ2n) is 6.43. The van der Waals surface area contributed by atoms with Crippen molar-refractivity contribution in [2.75, 3.05) is 18.2 Å². The van der Waals surface area contributed by atoms with E-state index in [9.17, 15) is 9.59 Å². The van der Waals surface area contributed by atoms with E-state index >= 15 is 0 Å². The van der Waals surface area contributed by atoms with Crippen molar-refractivity contribution in [1.29, 1.82) is 0 Å². The Hall–Kier alpha value is -1.79. The molecule has 2 amide bonds. The quantitative estimate of drug-likeness (QED) is 0.748. The fraction of sp³-hybridized carbons (Fsp3) is 0.400. The van der Waals surface area contributed by atoms with E-state index in [1.165, 1.54) is 18.4 Å². The summed E-state index contributed by atoms with van der Waals surface area (Å²) in [5.41, 5.74) is 2.40. The molecule has 0 spiro atoms. The van der Waals surface area contributed by atoms with Crippen LogP contribution in [0.15, 0.2) is 41.8 Å². The molecule has 2 heterocycles. The summed E-state index contributed by atoms with van der Waals surface area (Å²) < 4.78 is 0. The van der Waals surface area contributed by atoms with E-state index in [0.29, 0.717) is 11.6 Å². The summed E-state index contributed by atoms with van der Waals surface area (Å²) in [5.74, 6) is 0.996. The number of hydrogen-bond acceptors (Lipinski definition) is 4. The summed E-state index contributed by atoms with van der Waals surface area (Å²) >= 11 is 3.18. The lowest BCUT2D eigenvalue weighted by Crippen LogP contribution is -2.39. The molecule has 0 bridgehead atoms. The first kappa shape index (κ1) is 19.0. The SMILES string of the molecule is CCCCc1ccc(C(NC(=O)CN2CSCC2=O)c2cccs2)cc1. The van der Waals surface area contributed by atoms with Crippen molar-refractivity contribution in [2.45, 2.75) is 32.2 Å². The predicted octanol–water partition coefficient (Wildman–Crippen LogP) is 3.83. The Balaban J connectivity index is 1.71. The molecule has 138 valence electrons. The van der Waals surface area contributed by atoms with Crippen molar-refractivity contribution in [3.05, 3.63) is 57.8 Å². The van der Waals surface area contributed by atoms with Crippen molar-refractivity contribution in [3.8, 4) is 0 Å². The highest BCUT2D eigenvalue weighted by Gasteiger charge is 2.25. The molecule has 1 saturated heterocycles. The van der Waals surface area contributed by atoms with E-state index in [1.807, 2.05) is 17.5 Å². The Morgan fingerprint density at radius 1 is 1.27 bits per heavy atom. The van der Waals surface area contributed by atoms with Crippen molar-refractivity contribution >= 4 is 34.9 Å². The van der Waals surface area contributed by atoms with E-state index in [1.54, 1.807) is 28.0 Å². The van der Waals surface area contributed by atoms with Gasteiger partial charge < -0.3 is 10.2 Å². The van der Waals surface area contributed by atoms with Crippen LogP contribution in [0.1, 0.15) is 41.8 Å². The summed E-state index contributed by atoms with van der Waals surface area (Å²) in [6.45, 7) is 2.32. The highest BCUT2D eigenvalue weighted by molar-refractivity contribution is 8.00. The lowest BCUT2D eigenvalue weighted by atomic mass is 10.0. The number of carbonyl (C=O) groups excluding carboxylic acids is 2. The molecule has 26 heavy (non-hydrogen) atoms. The third-order valence-electron chi connectivity index (χ3n) is 4.42. The molecule has 1 aliphatic rings. The van der Waals surface area contributed by atoms with Gasteiger partial charge in [-0.05, 0) is 35.4 Å². The minimum absolute atomic E-state index is 0.0399. The molecule has 6 heteroatoms. The number of benzene rings is 1. The highest BCUT2D eigenvalue weighted by Crippen LogP contribution is 2.27. The van der Waals surface area contributed by atoms with Gasteiger partial charge in [0.1, 0.15) is 6.54 Å². The van der Waals surface area contributed by atoms with E-state index in [2.05, 4.69) is 36.5 Å². The van der Waals surface area contributed by atoms with Gasteiger partial charge in [-0.15, -0.1) is 23.1 Å². The molecule has 1 N–H and O–H groups in total. The van der Waals surface area contributed by atoms with Gasteiger partial charge in [0.15, 0.2) is 0 Å². The molecule has 3 rings (SSSR count). The molecule has 2 aromatic rings. The molecule has 1 aromatic heterocycles. The van der Waals surface area contributed by atoms with Gasteiger partial charge >= 0.3 is 0 Å². The van der Waals surface area contributed by atoms with E-state index in [4.69, 9.17) is 0 Å². The molecule has 1 aromatic carbocycles. The van der Waals surface area contributed by atoms with Crippen molar-refractivity contribution in [3.63, 3.8) is 0 Å². The normalized spacial score (nSPS) is 15.3. The fourth-order valence-corrected chi connectivity index (χ4v) is 4.66. The first-order valence-corrected chi connectivity index (χ1v) is 11.0.